The second-order valence-electron chi connectivity index (χ2n) is 3.14. The van der Waals surface area contributed by atoms with Gasteiger partial charge in [0.15, 0.2) is 0 Å². The van der Waals surface area contributed by atoms with E-state index in [1.807, 2.05) is 0 Å². The molecule has 1 heterocycles. The first kappa shape index (κ1) is 12.4. The van der Waals surface area contributed by atoms with Crippen LogP contribution in [0.15, 0.2) is 22.9 Å². The lowest BCUT2D eigenvalue weighted by Gasteiger charge is -2.14. The highest BCUT2D eigenvalue weighted by Crippen LogP contribution is 2.28. The molecule has 1 atom stereocenters. The SMILES string of the molecule is N[C@H](CCC(F)(F)F)c1cccnc1Br. The molecule has 84 valence electrons. The average molecular weight is 283 g/mol. The number of hydrogen-bond acceptors (Lipinski definition) is 2. The van der Waals surface area contributed by atoms with Crippen molar-refractivity contribution in [3.05, 3.63) is 28.5 Å². The minimum absolute atomic E-state index is 0.131. The molecule has 0 radical (unpaired) electrons. The molecule has 0 aliphatic rings. The van der Waals surface area contributed by atoms with E-state index in [0.29, 0.717) is 10.2 Å². The van der Waals surface area contributed by atoms with Gasteiger partial charge in [-0.1, -0.05) is 6.07 Å². The van der Waals surface area contributed by atoms with E-state index in [1.165, 1.54) is 0 Å². The summed E-state index contributed by atoms with van der Waals surface area (Å²) in [5.74, 6) is 0. The molecular formula is C9H10BrF3N2. The molecule has 2 nitrogen and oxygen atoms in total. The zero-order valence-electron chi connectivity index (χ0n) is 7.76. The maximum absolute atomic E-state index is 11.9. The van der Waals surface area contributed by atoms with E-state index in [9.17, 15) is 13.2 Å². The second-order valence-corrected chi connectivity index (χ2v) is 3.89. The monoisotopic (exact) mass is 282 g/mol. The predicted molar refractivity (Wildman–Crippen MR) is 54.2 cm³/mol. The summed E-state index contributed by atoms with van der Waals surface area (Å²) in [4.78, 5) is 3.90. The Hall–Kier alpha value is -0.620. The Bertz CT molecular complexity index is 327. The minimum Gasteiger partial charge on any atom is -0.324 e. The molecule has 0 aliphatic heterocycles. The zero-order valence-corrected chi connectivity index (χ0v) is 9.35. The van der Waals surface area contributed by atoms with Crippen LogP contribution in [0.5, 0.6) is 0 Å². The molecule has 15 heavy (non-hydrogen) atoms. The normalized spacial score (nSPS) is 13.9. The first-order chi connectivity index (χ1) is 6.90. The summed E-state index contributed by atoms with van der Waals surface area (Å²) in [5, 5.41) is 0. The van der Waals surface area contributed by atoms with Crippen LogP contribution in [0.4, 0.5) is 13.2 Å². The summed E-state index contributed by atoms with van der Waals surface area (Å²) in [6, 6.07) is 2.67. The molecular weight excluding hydrogens is 273 g/mol. The van der Waals surface area contributed by atoms with Gasteiger partial charge in [-0.25, -0.2) is 4.98 Å². The summed E-state index contributed by atoms with van der Waals surface area (Å²) in [7, 11) is 0. The van der Waals surface area contributed by atoms with Gasteiger partial charge in [0.05, 0.1) is 0 Å². The standard InChI is InChI=1S/C9H10BrF3N2/c10-8-6(2-1-5-15-8)7(14)3-4-9(11,12)13/h1-2,5,7H,3-4,14H2/t7-/m1/s1. The lowest BCUT2D eigenvalue weighted by Crippen LogP contribution is -2.16. The maximum Gasteiger partial charge on any atom is 0.389 e. The molecule has 0 fully saturated rings. The van der Waals surface area contributed by atoms with Gasteiger partial charge in [0.25, 0.3) is 0 Å². The highest BCUT2D eigenvalue weighted by Gasteiger charge is 2.28. The molecule has 0 unspecified atom stereocenters. The van der Waals surface area contributed by atoms with Crippen LogP contribution in [0.25, 0.3) is 0 Å². The van der Waals surface area contributed by atoms with Crippen molar-refractivity contribution in [2.45, 2.75) is 25.1 Å². The summed E-state index contributed by atoms with van der Waals surface area (Å²) in [6.07, 6.45) is -3.63. The quantitative estimate of drug-likeness (QED) is 0.865. The lowest BCUT2D eigenvalue weighted by molar-refractivity contribution is -0.136. The smallest absolute Gasteiger partial charge is 0.324 e. The molecule has 1 aromatic heterocycles. The van der Waals surface area contributed by atoms with Gasteiger partial charge in [-0.3, -0.25) is 0 Å². The largest absolute Gasteiger partial charge is 0.389 e. The number of aromatic nitrogens is 1. The minimum atomic E-state index is -4.16. The number of alkyl halides is 3. The van der Waals surface area contributed by atoms with Crippen LogP contribution in [0.3, 0.4) is 0 Å². The molecule has 0 saturated heterocycles. The molecule has 6 heteroatoms. The fraction of sp³-hybridized carbons (Fsp3) is 0.444. The van der Waals surface area contributed by atoms with Gasteiger partial charge in [-0.15, -0.1) is 0 Å². The van der Waals surface area contributed by atoms with Crippen LogP contribution >= 0.6 is 15.9 Å². The van der Waals surface area contributed by atoms with Crippen molar-refractivity contribution in [2.24, 2.45) is 5.73 Å². The summed E-state index contributed by atoms with van der Waals surface area (Å²) in [5.41, 5.74) is 6.23. The molecule has 1 aromatic rings. The summed E-state index contributed by atoms with van der Waals surface area (Å²) < 4.78 is 36.3. The number of pyridine rings is 1. The summed E-state index contributed by atoms with van der Waals surface area (Å²) >= 11 is 3.14. The van der Waals surface area contributed by atoms with E-state index in [4.69, 9.17) is 5.73 Å². The molecule has 0 saturated carbocycles. The van der Waals surface area contributed by atoms with E-state index in [-0.39, 0.29) is 6.42 Å². The zero-order chi connectivity index (χ0) is 11.5. The Balaban J connectivity index is 2.62. The fourth-order valence-corrected chi connectivity index (χ4v) is 1.69. The van der Waals surface area contributed by atoms with Crippen LogP contribution in [0.2, 0.25) is 0 Å². The van der Waals surface area contributed by atoms with Gasteiger partial charge in [0, 0.05) is 24.2 Å². The van der Waals surface area contributed by atoms with Gasteiger partial charge in [-0.2, -0.15) is 13.2 Å². The van der Waals surface area contributed by atoms with Crippen LogP contribution in [0, 0.1) is 0 Å². The van der Waals surface area contributed by atoms with Gasteiger partial charge >= 0.3 is 6.18 Å². The molecule has 0 bridgehead atoms. The topological polar surface area (TPSA) is 38.9 Å². The van der Waals surface area contributed by atoms with Crippen LogP contribution in [-0.2, 0) is 0 Å². The molecule has 2 N–H and O–H groups in total. The van der Waals surface area contributed by atoms with E-state index >= 15 is 0 Å². The average Bonchev–Trinajstić information content (AvgIpc) is 2.14. The molecule has 0 aromatic carbocycles. The van der Waals surface area contributed by atoms with Crippen molar-refractivity contribution in [2.75, 3.05) is 0 Å². The van der Waals surface area contributed by atoms with Crippen molar-refractivity contribution < 1.29 is 13.2 Å². The lowest BCUT2D eigenvalue weighted by atomic mass is 10.1. The Labute approximate surface area is 93.8 Å². The fourth-order valence-electron chi connectivity index (χ4n) is 1.15. The van der Waals surface area contributed by atoms with Gasteiger partial charge in [0.1, 0.15) is 4.60 Å². The van der Waals surface area contributed by atoms with E-state index < -0.39 is 18.6 Å². The number of rotatable bonds is 3. The Morgan fingerprint density at radius 2 is 2.13 bits per heavy atom. The predicted octanol–water partition coefficient (Wildman–Crippen LogP) is 3.19. The van der Waals surface area contributed by atoms with E-state index in [1.54, 1.807) is 18.3 Å². The number of nitrogens with two attached hydrogens (primary N) is 1. The maximum atomic E-state index is 11.9. The third-order valence-electron chi connectivity index (χ3n) is 1.93. The Kier molecular flexibility index (Phi) is 4.10. The third-order valence-corrected chi connectivity index (χ3v) is 2.59. The molecule has 0 aliphatic carbocycles. The highest BCUT2D eigenvalue weighted by molar-refractivity contribution is 9.10. The number of halogens is 4. The highest BCUT2D eigenvalue weighted by atomic mass is 79.9. The van der Waals surface area contributed by atoms with Crippen molar-refractivity contribution in [3.8, 4) is 0 Å². The van der Waals surface area contributed by atoms with Crippen LogP contribution in [-0.4, -0.2) is 11.2 Å². The number of nitrogens with zero attached hydrogens (tertiary/aromatic N) is 1. The van der Waals surface area contributed by atoms with E-state index in [2.05, 4.69) is 20.9 Å². The van der Waals surface area contributed by atoms with Crippen molar-refractivity contribution in [1.82, 2.24) is 4.98 Å². The van der Waals surface area contributed by atoms with Crippen LogP contribution < -0.4 is 5.73 Å². The van der Waals surface area contributed by atoms with Gasteiger partial charge in [0.2, 0.25) is 0 Å². The number of hydrogen-bond donors (Lipinski definition) is 1. The molecule has 0 spiro atoms. The summed E-state index contributed by atoms with van der Waals surface area (Å²) in [6.45, 7) is 0. The Morgan fingerprint density at radius 3 is 2.67 bits per heavy atom. The van der Waals surface area contributed by atoms with E-state index in [0.717, 1.165) is 0 Å². The molecule has 0 amide bonds. The van der Waals surface area contributed by atoms with Gasteiger partial charge < -0.3 is 5.73 Å². The third kappa shape index (κ3) is 4.17. The first-order valence-electron chi connectivity index (χ1n) is 4.33. The Morgan fingerprint density at radius 1 is 1.47 bits per heavy atom. The van der Waals surface area contributed by atoms with Crippen molar-refractivity contribution >= 4 is 15.9 Å². The van der Waals surface area contributed by atoms with Crippen LogP contribution in [0.1, 0.15) is 24.4 Å². The van der Waals surface area contributed by atoms with Gasteiger partial charge in [-0.05, 0) is 28.4 Å². The second kappa shape index (κ2) is 4.94. The molecule has 1 rings (SSSR count). The van der Waals surface area contributed by atoms with Crippen molar-refractivity contribution in [1.29, 1.82) is 0 Å². The first-order valence-corrected chi connectivity index (χ1v) is 5.12. The van der Waals surface area contributed by atoms with Crippen molar-refractivity contribution in [3.63, 3.8) is 0 Å².